The van der Waals surface area contributed by atoms with Gasteiger partial charge >= 0.3 is 0 Å². The summed E-state index contributed by atoms with van der Waals surface area (Å²) in [5.41, 5.74) is 0.602. The molecule has 2 rings (SSSR count). The minimum Gasteiger partial charge on any atom is -0.385 e. The van der Waals surface area contributed by atoms with Crippen molar-refractivity contribution in [3.63, 3.8) is 0 Å². The predicted molar refractivity (Wildman–Crippen MR) is 65.0 cm³/mol. The van der Waals surface area contributed by atoms with Crippen LogP contribution in [0.5, 0.6) is 0 Å². The van der Waals surface area contributed by atoms with Crippen molar-refractivity contribution in [3.05, 3.63) is 22.4 Å². The molecule has 1 heterocycles. The van der Waals surface area contributed by atoms with Crippen LogP contribution < -0.4 is 0 Å². The van der Waals surface area contributed by atoms with Crippen molar-refractivity contribution in [1.29, 1.82) is 0 Å². The average Bonchev–Trinajstić information content (AvgIpc) is 2.71. The molecule has 15 heavy (non-hydrogen) atoms. The van der Waals surface area contributed by atoms with E-state index in [0.29, 0.717) is 11.8 Å². The molecule has 1 nitrogen and oxygen atoms in total. The molecular weight excluding hydrogens is 204 g/mol. The average molecular weight is 224 g/mol. The summed E-state index contributed by atoms with van der Waals surface area (Å²) in [4.78, 5) is 0. The van der Waals surface area contributed by atoms with E-state index in [2.05, 4.69) is 30.7 Å². The topological polar surface area (TPSA) is 20.2 Å². The Labute approximate surface area is 96.1 Å². The Hall–Kier alpha value is -0.340. The molecule has 2 unspecified atom stereocenters. The molecule has 0 bridgehead atoms. The number of hydrogen-bond acceptors (Lipinski definition) is 2. The summed E-state index contributed by atoms with van der Waals surface area (Å²) in [6.07, 6.45) is 4.33. The van der Waals surface area contributed by atoms with Gasteiger partial charge in [-0.1, -0.05) is 13.8 Å². The van der Waals surface area contributed by atoms with Crippen LogP contribution in [-0.4, -0.2) is 5.11 Å². The van der Waals surface area contributed by atoms with E-state index in [4.69, 9.17) is 0 Å². The van der Waals surface area contributed by atoms with Crippen molar-refractivity contribution in [2.75, 3.05) is 0 Å². The van der Waals surface area contributed by atoms with Gasteiger partial charge in [0.15, 0.2) is 0 Å². The van der Waals surface area contributed by atoms with E-state index in [1.165, 1.54) is 6.42 Å². The van der Waals surface area contributed by atoms with E-state index < -0.39 is 5.60 Å². The molecule has 1 fully saturated rings. The van der Waals surface area contributed by atoms with Crippen LogP contribution in [0.1, 0.15) is 45.1 Å². The molecule has 0 aromatic carbocycles. The Bertz CT molecular complexity index is 304. The minimum atomic E-state index is -0.535. The molecule has 0 aliphatic heterocycles. The van der Waals surface area contributed by atoms with E-state index in [1.54, 1.807) is 11.3 Å². The first-order valence-corrected chi connectivity index (χ1v) is 6.81. The molecule has 2 atom stereocenters. The summed E-state index contributed by atoms with van der Waals surface area (Å²) in [7, 11) is 0. The van der Waals surface area contributed by atoms with Gasteiger partial charge in [-0.3, -0.25) is 0 Å². The monoisotopic (exact) mass is 224 g/mol. The molecule has 0 spiro atoms. The number of hydrogen-bond donors (Lipinski definition) is 1. The fourth-order valence-corrected chi connectivity index (χ4v) is 3.40. The van der Waals surface area contributed by atoms with Crippen molar-refractivity contribution < 1.29 is 5.11 Å². The van der Waals surface area contributed by atoms with Gasteiger partial charge in [0.25, 0.3) is 0 Å². The second kappa shape index (κ2) is 4.26. The molecule has 1 N–H and O–H groups in total. The second-order valence-corrected chi connectivity index (χ2v) is 5.92. The zero-order valence-corrected chi connectivity index (χ0v) is 10.4. The lowest BCUT2D eigenvalue weighted by Gasteiger charge is -2.38. The first-order chi connectivity index (χ1) is 7.12. The Morgan fingerprint density at radius 1 is 1.53 bits per heavy atom. The molecule has 1 saturated carbocycles. The lowest BCUT2D eigenvalue weighted by molar-refractivity contribution is -0.0292. The summed E-state index contributed by atoms with van der Waals surface area (Å²) in [5.74, 6) is 1.37. The maximum atomic E-state index is 10.7. The maximum Gasteiger partial charge on any atom is 0.0907 e. The highest BCUT2D eigenvalue weighted by molar-refractivity contribution is 7.08. The molecule has 1 aromatic rings. The highest BCUT2D eigenvalue weighted by atomic mass is 32.1. The predicted octanol–water partition coefficient (Wildman–Crippen LogP) is 3.78. The van der Waals surface area contributed by atoms with E-state index in [9.17, 15) is 5.11 Å². The van der Waals surface area contributed by atoms with Crippen LogP contribution in [0, 0.1) is 11.8 Å². The highest BCUT2D eigenvalue weighted by Gasteiger charge is 2.36. The Morgan fingerprint density at radius 2 is 2.33 bits per heavy atom. The number of rotatable bonds is 2. The van der Waals surface area contributed by atoms with Crippen LogP contribution in [0.25, 0.3) is 0 Å². The summed E-state index contributed by atoms with van der Waals surface area (Å²) in [5, 5.41) is 14.8. The lowest BCUT2D eigenvalue weighted by Crippen LogP contribution is -2.34. The van der Waals surface area contributed by atoms with Gasteiger partial charge < -0.3 is 5.11 Å². The van der Waals surface area contributed by atoms with Crippen LogP contribution >= 0.6 is 11.3 Å². The van der Waals surface area contributed by atoms with Crippen molar-refractivity contribution in [2.24, 2.45) is 11.8 Å². The van der Waals surface area contributed by atoms with E-state index in [1.807, 2.05) is 0 Å². The summed E-state index contributed by atoms with van der Waals surface area (Å²) in [6.45, 7) is 4.54. The van der Waals surface area contributed by atoms with Crippen LogP contribution in [0.3, 0.4) is 0 Å². The zero-order valence-electron chi connectivity index (χ0n) is 9.57. The molecule has 0 saturated heterocycles. The van der Waals surface area contributed by atoms with Gasteiger partial charge in [0.2, 0.25) is 0 Å². The molecule has 1 aliphatic rings. The fourth-order valence-electron chi connectivity index (χ4n) is 2.66. The summed E-state index contributed by atoms with van der Waals surface area (Å²) < 4.78 is 0. The third-order valence-electron chi connectivity index (χ3n) is 3.77. The summed E-state index contributed by atoms with van der Waals surface area (Å²) >= 11 is 1.68. The fraction of sp³-hybridized carbons (Fsp3) is 0.692. The van der Waals surface area contributed by atoms with E-state index >= 15 is 0 Å². The third kappa shape index (κ3) is 2.26. The molecular formula is C13H20OS. The van der Waals surface area contributed by atoms with Crippen LogP contribution in [-0.2, 0) is 5.60 Å². The molecule has 1 aliphatic carbocycles. The zero-order chi connectivity index (χ0) is 10.9. The van der Waals surface area contributed by atoms with Gasteiger partial charge in [0.05, 0.1) is 5.60 Å². The van der Waals surface area contributed by atoms with Gasteiger partial charge in [-0.15, -0.1) is 0 Å². The van der Waals surface area contributed by atoms with Gasteiger partial charge in [0, 0.05) is 0 Å². The Morgan fingerprint density at radius 3 is 2.93 bits per heavy atom. The first-order valence-electron chi connectivity index (χ1n) is 5.87. The van der Waals surface area contributed by atoms with Crippen molar-refractivity contribution in [1.82, 2.24) is 0 Å². The smallest absolute Gasteiger partial charge is 0.0907 e. The van der Waals surface area contributed by atoms with Gasteiger partial charge in [-0.25, -0.2) is 0 Å². The van der Waals surface area contributed by atoms with Crippen LogP contribution in [0.15, 0.2) is 16.8 Å². The maximum absolute atomic E-state index is 10.7. The normalized spacial score (nSPS) is 32.1. The molecule has 2 heteroatoms. The highest BCUT2D eigenvalue weighted by Crippen LogP contribution is 2.42. The SMILES string of the molecule is CC(C)C1CCCC(O)(c2ccsc2)C1. The van der Waals surface area contributed by atoms with Gasteiger partial charge in [-0.2, -0.15) is 11.3 Å². The number of thiophene rings is 1. The van der Waals surface area contributed by atoms with Crippen molar-refractivity contribution in [3.8, 4) is 0 Å². The van der Waals surface area contributed by atoms with Crippen LogP contribution in [0.2, 0.25) is 0 Å². The lowest BCUT2D eigenvalue weighted by atomic mass is 9.71. The number of aliphatic hydroxyl groups is 1. The largest absolute Gasteiger partial charge is 0.385 e. The molecule has 0 amide bonds. The van der Waals surface area contributed by atoms with Crippen LogP contribution in [0.4, 0.5) is 0 Å². The Kier molecular flexibility index (Phi) is 3.17. The molecule has 84 valence electrons. The van der Waals surface area contributed by atoms with Crippen molar-refractivity contribution >= 4 is 11.3 Å². The molecule has 1 aromatic heterocycles. The first kappa shape index (κ1) is 11.2. The van der Waals surface area contributed by atoms with Gasteiger partial charge in [-0.05, 0) is 59.9 Å². The third-order valence-corrected chi connectivity index (χ3v) is 4.45. The Balaban J connectivity index is 2.15. The van der Waals surface area contributed by atoms with Crippen molar-refractivity contribution in [2.45, 2.75) is 45.1 Å². The standard InChI is InChI=1S/C13H20OS/c1-10(2)11-4-3-6-13(14,8-11)12-5-7-15-9-12/h5,7,9-11,14H,3-4,6,8H2,1-2H3. The quantitative estimate of drug-likeness (QED) is 0.810. The van der Waals surface area contributed by atoms with Gasteiger partial charge in [0.1, 0.15) is 0 Å². The van der Waals surface area contributed by atoms with E-state index in [0.717, 1.165) is 24.8 Å². The minimum absolute atomic E-state index is 0.535. The second-order valence-electron chi connectivity index (χ2n) is 5.14. The molecule has 0 radical (unpaired) electrons. The van der Waals surface area contributed by atoms with E-state index in [-0.39, 0.29) is 0 Å². The summed E-state index contributed by atoms with van der Waals surface area (Å²) in [6, 6.07) is 2.08.